The SMILES string of the molecule is [B]CCC1CC1NC. The molecule has 1 aliphatic carbocycles. The van der Waals surface area contributed by atoms with E-state index >= 15 is 0 Å². The zero-order chi connectivity index (χ0) is 5.98. The summed E-state index contributed by atoms with van der Waals surface area (Å²) in [7, 11) is 7.37. The fourth-order valence-corrected chi connectivity index (χ4v) is 1.13. The van der Waals surface area contributed by atoms with Crippen molar-refractivity contribution in [2.24, 2.45) is 5.92 Å². The molecule has 1 N–H and O–H groups in total. The van der Waals surface area contributed by atoms with Crippen molar-refractivity contribution in [3.8, 4) is 0 Å². The second-order valence-electron chi connectivity index (χ2n) is 2.47. The highest BCUT2D eigenvalue weighted by molar-refractivity contribution is 6.08. The summed E-state index contributed by atoms with van der Waals surface area (Å²) in [6.45, 7) is 0. The van der Waals surface area contributed by atoms with Crippen LogP contribution in [0.2, 0.25) is 6.32 Å². The van der Waals surface area contributed by atoms with Crippen LogP contribution in [0.3, 0.4) is 0 Å². The summed E-state index contributed by atoms with van der Waals surface area (Å²) in [4.78, 5) is 0. The van der Waals surface area contributed by atoms with E-state index in [1.165, 1.54) is 12.8 Å². The van der Waals surface area contributed by atoms with Gasteiger partial charge in [-0.25, -0.2) is 0 Å². The van der Waals surface area contributed by atoms with E-state index in [1.807, 2.05) is 7.05 Å². The van der Waals surface area contributed by atoms with Crippen molar-refractivity contribution in [2.45, 2.75) is 25.2 Å². The maximum atomic E-state index is 5.36. The molecular formula is C6H12BN. The number of rotatable bonds is 3. The van der Waals surface area contributed by atoms with Crippen LogP contribution in [0.5, 0.6) is 0 Å². The van der Waals surface area contributed by atoms with Crippen molar-refractivity contribution in [3.05, 3.63) is 0 Å². The fourth-order valence-electron chi connectivity index (χ4n) is 1.13. The van der Waals surface area contributed by atoms with Crippen LogP contribution in [0.15, 0.2) is 0 Å². The minimum Gasteiger partial charge on any atom is -0.317 e. The Morgan fingerprint density at radius 3 is 2.88 bits per heavy atom. The zero-order valence-electron chi connectivity index (χ0n) is 5.35. The maximum Gasteiger partial charge on any atom is 0.0653 e. The monoisotopic (exact) mass is 109 g/mol. The van der Waals surface area contributed by atoms with Crippen molar-refractivity contribution < 1.29 is 0 Å². The molecule has 0 spiro atoms. The van der Waals surface area contributed by atoms with Crippen LogP contribution in [0.4, 0.5) is 0 Å². The van der Waals surface area contributed by atoms with Crippen LogP contribution in [0.1, 0.15) is 12.8 Å². The summed E-state index contributed by atoms with van der Waals surface area (Å²) in [5.74, 6) is 0.894. The van der Waals surface area contributed by atoms with Gasteiger partial charge in [-0.15, -0.1) is 0 Å². The molecule has 0 aromatic rings. The predicted octanol–water partition coefficient (Wildman–Crippen LogP) is 0.571. The minimum absolute atomic E-state index is 0.790. The molecule has 1 aliphatic rings. The van der Waals surface area contributed by atoms with Crippen LogP contribution in [0, 0.1) is 5.92 Å². The third-order valence-corrected chi connectivity index (χ3v) is 1.83. The molecule has 0 aromatic carbocycles. The Bertz CT molecular complexity index is 74.9. The lowest BCUT2D eigenvalue weighted by molar-refractivity contribution is 0.687. The molecule has 0 amide bonds. The molecule has 44 valence electrons. The molecule has 1 saturated carbocycles. The summed E-state index contributed by atoms with van der Waals surface area (Å²) in [6.07, 6.45) is 3.39. The normalized spacial score (nSPS) is 35.1. The lowest BCUT2D eigenvalue weighted by atomic mass is 9.99. The minimum atomic E-state index is 0.790. The third kappa shape index (κ3) is 1.25. The van der Waals surface area contributed by atoms with Crippen molar-refractivity contribution in [1.82, 2.24) is 5.32 Å². The highest BCUT2D eigenvalue weighted by Crippen LogP contribution is 2.33. The zero-order valence-corrected chi connectivity index (χ0v) is 5.35. The topological polar surface area (TPSA) is 12.0 Å². The first-order valence-corrected chi connectivity index (χ1v) is 3.26. The van der Waals surface area contributed by atoms with Crippen molar-refractivity contribution >= 4 is 7.85 Å². The summed E-state index contributed by atoms with van der Waals surface area (Å²) >= 11 is 0. The number of hydrogen-bond donors (Lipinski definition) is 1. The molecule has 1 nitrogen and oxygen atoms in total. The second kappa shape index (κ2) is 2.54. The van der Waals surface area contributed by atoms with Gasteiger partial charge in [0.2, 0.25) is 0 Å². The molecule has 0 heterocycles. The van der Waals surface area contributed by atoms with Gasteiger partial charge in [0.1, 0.15) is 0 Å². The number of nitrogens with one attached hydrogen (secondary N) is 1. The van der Waals surface area contributed by atoms with Crippen LogP contribution in [-0.2, 0) is 0 Å². The predicted molar refractivity (Wildman–Crippen MR) is 36.1 cm³/mol. The molecule has 2 radical (unpaired) electrons. The largest absolute Gasteiger partial charge is 0.317 e. The van der Waals surface area contributed by atoms with E-state index in [-0.39, 0.29) is 0 Å². The molecule has 0 aliphatic heterocycles. The first-order valence-electron chi connectivity index (χ1n) is 3.26. The van der Waals surface area contributed by atoms with Crippen LogP contribution < -0.4 is 5.32 Å². The number of hydrogen-bond acceptors (Lipinski definition) is 1. The quantitative estimate of drug-likeness (QED) is 0.522. The Balaban J connectivity index is 1.99. The van der Waals surface area contributed by atoms with Gasteiger partial charge in [-0.3, -0.25) is 0 Å². The van der Waals surface area contributed by atoms with E-state index < -0.39 is 0 Å². The highest BCUT2D eigenvalue weighted by atomic mass is 14.9. The first-order chi connectivity index (χ1) is 3.88. The van der Waals surface area contributed by atoms with E-state index in [9.17, 15) is 0 Å². The average Bonchev–Trinajstić information content (AvgIpc) is 2.48. The van der Waals surface area contributed by atoms with Gasteiger partial charge >= 0.3 is 0 Å². The van der Waals surface area contributed by atoms with E-state index in [1.54, 1.807) is 0 Å². The van der Waals surface area contributed by atoms with Crippen LogP contribution >= 0.6 is 0 Å². The smallest absolute Gasteiger partial charge is 0.0653 e. The molecule has 0 aromatic heterocycles. The summed E-state index contributed by atoms with van der Waals surface area (Å²) in [5.41, 5.74) is 0. The Kier molecular flexibility index (Phi) is 1.95. The van der Waals surface area contributed by atoms with Crippen molar-refractivity contribution in [3.63, 3.8) is 0 Å². The van der Waals surface area contributed by atoms with Gasteiger partial charge < -0.3 is 5.32 Å². The molecule has 1 fully saturated rings. The molecule has 2 atom stereocenters. The molecule has 8 heavy (non-hydrogen) atoms. The van der Waals surface area contributed by atoms with Crippen molar-refractivity contribution in [2.75, 3.05) is 7.05 Å². The molecule has 1 rings (SSSR count). The first kappa shape index (κ1) is 6.15. The molecule has 2 unspecified atom stereocenters. The van der Waals surface area contributed by atoms with E-state index in [0.29, 0.717) is 0 Å². The summed E-state index contributed by atoms with van der Waals surface area (Å²) in [6, 6.07) is 0.790. The van der Waals surface area contributed by atoms with Gasteiger partial charge in [0.05, 0.1) is 7.85 Å². The van der Waals surface area contributed by atoms with E-state index in [0.717, 1.165) is 18.3 Å². The van der Waals surface area contributed by atoms with Gasteiger partial charge in [0, 0.05) is 6.04 Å². The molecular weight excluding hydrogens is 96.9 g/mol. The Morgan fingerprint density at radius 1 is 1.75 bits per heavy atom. The summed E-state index contributed by atoms with van der Waals surface area (Å²) in [5, 5.41) is 3.22. The maximum absolute atomic E-state index is 5.36. The summed E-state index contributed by atoms with van der Waals surface area (Å²) < 4.78 is 0. The lowest BCUT2D eigenvalue weighted by Crippen LogP contribution is -2.10. The molecule has 0 saturated heterocycles. The van der Waals surface area contributed by atoms with Gasteiger partial charge in [0.15, 0.2) is 0 Å². The Hall–Kier alpha value is 0.0249. The van der Waals surface area contributed by atoms with Gasteiger partial charge in [0.25, 0.3) is 0 Å². The second-order valence-corrected chi connectivity index (χ2v) is 2.47. The molecule has 2 heteroatoms. The van der Waals surface area contributed by atoms with E-state index in [2.05, 4.69) is 5.32 Å². The molecule has 0 bridgehead atoms. The van der Waals surface area contributed by atoms with E-state index in [4.69, 9.17) is 7.85 Å². The van der Waals surface area contributed by atoms with Gasteiger partial charge in [-0.2, -0.15) is 0 Å². The van der Waals surface area contributed by atoms with Gasteiger partial charge in [-0.1, -0.05) is 12.7 Å². The standard InChI is InChI=1S/C6H12BN/c1-8-6-4-5(6)2-3-7/h5-6,8H,2-4H2,1H3. The lowest BCUT2D eigenvalue weighted by Gasteiger charge is -1.92. The van der Waals surface area contributed by atoms with Crippen molar-refractivity contribution in [1.29, 1.82) is 0 Å². The Morgan fingerprint density at radius 2 is 2.50 bits per heavy atom. The van der Waals surface area contributed by atoms with Gasteiger partial charge in [-0.05, 0) is 19.4 Å². The highest BCUT2D eigenvalue weighted by Gasteiger charge is 2.33. The third-order valence-electron chi connectivity index (χ3n) is 1.83. The fraction of sp³-hybridized carbons (Fsp3) is 1.00. The Labute approximate surface area is 52.3 Å². The van der Waals surface area contributed by atoms with Crippen LogP contribution in [-0.4, -0.2) is 20.9 Å². The average molecular weight is 109 g/mol. The van der Waals surface area contributed by atoms with Crippen LogP contribution in [0.25, 0.3) is 0 Å².